The Balaban J connectivity index is 1.23. The van der Waals surface area contributed by atoms with Gasteiger partial charge in [0.15, 0.2) is 18.0 Å². The molecule has 3 aliphatic rings. The summed E-state index contributed by atoms with van der Waals surface area (Å²) in [6, 6.07) is 6.21. The van der Waals surface area contributed by atoms with Crippen molar-refractivity contribution in [3.8, 4) is 11.5 Å². The van der Waals surface area contributed by atoms with Gasteiger partial charge < -0.3 is 24.2 Å². The average Bonchev–Trinajstić information content (AvgIpc) is 3.12. The largest absolute Gasteiger partial charge is 0.454 e. The lowest BCUT2D eigenvalue weighted by atomic mass is 9.99. The number of carbonyl (C=O) groups excluding carboxylic acids is 1. The van der Waals surface area contributed by atoms with E-state index in [-0.39, 0.29) is 0 Å². The zero-order valence-corrected chi connectivity index (χ0v) is 15.8. The third-order valence-corrected chi connectivity index (χ3v) is 6.10. The number of hydrogen-bond acceptors (Lipinski definition) is 3. The molecule has 0 saturated carbocycles. The number of nitrogens with zero attached hydrogens (tertiary/aromatic N) is 1. The fourth-order valence-corrected chi connectivity index (χ4v) is 4.26. The third-order valence-electron chi connectivity index (χ3n) is 6.10. The Labute approximate surface area is 155 Å². The molecule has 4 rings (SSSR count). The normalized spacial score (nSPS) is 26.1. The second kappa shape index (κ2) is 7.84. The molecule has 1 aromatic carbocycles. The molecule has 6 heteroatoms. The molecule has 6 nitrogen and oxygen atoms in total. The van der Waals surface area contributed by atoms with E-state index in [1.807, 2.05) is 6.07 Å². The Kier molecular flexibility index (Phi) is 5.31. The molecule has 0 bridgehead atoms. The van der Waals surface area contributed by atoms with Gasteiger partial charge in [0.05, 0.1) is 39.3 Å². The van der Waals surface area contributed by atoms with E-state index in [0.717, 1.165) is 63.2 Å². The quantitative estimate of drug-likeness (QED) is 0.720. The van der Waals surface area contributed by atoms with E-state index in [0.29, 0.717) is 19.2 Å². The minimum absolute atomic E-state index is 0.324. The predicted octanol–water partition coefficient (Wildman–Crippen LogP) is -1.04. The summed E-state index contributed by atoms with van der Waals surface area (Å²) in [6.07, 6.45) is 2.52. The Bertz CT molecular complexity index is 635. The lowest BCUT2D eigenvalue weighted by Gasteiger charge is -2.34. The first-order valence-electron chi connectivity index (χ1n) is 10.0. The molecule has 1 aromatic rings. The molecule has 0 spiro atoms. The zero-order chi connectivity index (χ0) is 17.9. The molecular formula is C20H31N3O3+2. The first-order chi connectivity index (χ1) is 12.7. The number of benzene rings is 1. The van der Waals surface area contributed by atoms with E-state index in [1.165, 1.54) is 28.2 Å². The number of hydrogen-bond donors (Lipinski definition) is 2. The van der Waals surface area contributed by atoms with Crippen LogP contribution < -0.4 is 19.3 Å². The molecule has 0 atom stereocenters. The molecule has 0 radical (unpaired) electrons. The van der Waals surface area contributed by atoms with Crippen LogP contribution in [0.15, 0.2) is 18.2 Å². The maximum atomic E-state index is 12.6. The topological polar surface area (TPSA) is 47.7 Å². The summed E-state index contributed by atoms with van der Waals surface area (Å²) >= 11 is 0. The molecule has 2 saturated heterocycles. The summed E-state index contributed by atoms with van der Waals surface area (Å²) in [5.41, 5.74) is 1.27. The van der Waals surface area contributed by atoms with Crippen LogP contribution in [-0.4, -0.2) is 63.4 Å². The number of carbonyl (C=O) groups is 1. The highest BCUT2D eigenvalue weighted by atomic mass is 16.7. The number of piperidine rings is 1. The number of amides is 1. The number of likely N-dealkylation sites (tertiary alicyclic amines) is 1. The molecule has 26 heavy (non-hydrogen) atoms. The molecule has 2 fully saturated rings. The summed E-state index contributed by atoms with van der Waals surface area (Å²) in [5, 5.41) is 0. The van der Waals surface area contributed by atoms with E-state index >= 15 is 0 Å². The van der Waals surface area contributed by atoms with Crippen LogP contribution in [0.1, 0.15) is 25.3 Å². The molecule has 0 aliphatic carbocycles. The molecule has 2 N–H and O–H groups in total. The Morgan fingerprint density at radius 3 is 2.58 bits per heavy atom. The summed E-state index contributed by atoms with van der Waals surface area (Å²) < 4.78 is 10.8. The van der Waals surface area contributed by atoms with Crippen molar-refractivity contribution in [2.75, 3.05) is 52.6 Å². The van der Waals surface area contributed by atoms with Crippen LogP contribution in [-0.2, 0) is 11.3 Å². The van der Waals surface area contributed by atoms with Crippen LogP contribution in [0.25, 0.3) is 0 Å². The van der Waals surface area contributed by atoms with Crippen molar-refractivity contribution in [3.05, 3.63) is 23.8 Å². The first-order valence-corrected chi connectivity index (χ1v) is 10.0. The minimum atomic E-state index is 0.324. The SMILES string of the molecule is CC1CC[NH+](CC(=O)N2CC[NH+](Cc3ccc4c(c3)OCO4)CC2)CC1. The van der Waals surface area contributed by atoms with Gasteiger partial charge in [0.25, 0.3) is 5.91 Å². The standard InChI is InChI=1S/C20H29N3O3/c1-16-4-6-21(7-5-16)14-20(24)23-10-8-22(9-11-23)13-17-2-3-18-19(12-17)26-15-25-18/h2-3,12,16H,4-11,13-15H2,1H3/p+2. The molecule has 3 heterocycles. The van der Waals surface area contributed by atoms with E-state index in [2.05, 4.69) is 24.0 Å². The van der Waals surface area contributed by atoms with E-state index in [9.17, 15) is 4.79 Å². The Hall–Kier alpha value is -1.79. The van der Waals surface area contributed by atoms with Crippen LogP contribution in [0, 0.1) is 5.92 Å². The predicted molar refractivity (Wildman–Crippen MR) is 97.5 cm³/mol. The van der Waals surface area contributed by atoms with Crippen LogP contribution in [0.2, 0.25) is 0 Å². The Morgan fingerprint density at radius 1 is 1.08 bits per heavy atom. The number of rotatable bonds is 4. The highest BCUT2D eigenvalue weighted by Crippen LogP contribution is 2.32. The van der Waals surface area contributed by atoms with Crippen LogP contribution >= 0.6 is 0 Å². The maximum absolute atomic E-state index is 12.6. The zero-order valence-electron chi connectivity index (χ0n) is 15.8. The number of quaternary nitrogens is 2. The van der Waals surface area contributed by atoms with Gasteiger partial charge in [0.2, 0.25) is 6.79 Å². The van der Waals surface area contributed by atoms with Crippen molar-refractivity contribution in [2.45, 2.75) is 26.3 Å². The molecule has 0 aromatic heterocycles. The van der Waals surface area contributed by atoms with Crippen molar-refractivity contribution in [3.63, 3.8) is 0 Å². The van der Waals surface area contributed by atoms with E-state index < -0.39 is 0 Å². The molecular weight excluding hydrogens is 330 g/mol. The highest BCUT2D eigenvalue weighted by molar-refractivity contribution is 5.77. The van der Waals surface area contributed by atoms with Gasteiger partial charge >= 0.3 is 0 Å². The van der Waals surface area contributed by atoms with Gasteiger partial charge in [0.1, 0.15) is 6.54 Å². The van der Waals surface area contributed by atoms with Gasteiger partial charge in [-0.3, -0.25) is 4.79 Å². The monoisotopic (exact) mass is 361 g/mol. The lowest BCUT2D eigenvalue weighted by Crippen LogP contribution is -3.15. The van der Waals surface area contributed by atoms with Gasteiger partial charge in [-0.25, -0.2) is 0 Å². The van der Waals surface area contributed by atoms with Gasteiger partial charge in [-0.2, -0.15) is 0 Å². The highest BCUT2D eigenvalue weighted by Gasteiger charge is 2.28. The lowest BCUT2D eigenvalue weighted by molar-refractivity contribution is -0.918. The van der Waals surface area contributed by atoms with Crippen LogP contribution in [0.5, 0.6) is 11.5 Å². The van der Waals surface area contributed by atoms with Gasteiger partial charge in [-0.1, -0.05) is 6.92 Å². The van der Waals surface area contributed by atoms with Crippen molar-refractivity contribution >= 4 is 5.91 Å². The molecule has 3 aliphatic heterocycles. The minimum Gasteiger partial charge on any atom is -0.454 e. The van der Waals surface area contributed by atoms with Gasteiger partial charge in [-0.05, 0) is 37.0 Å². The number of piperazine rings is 1. The number of ether oxygens (including phenoxy) is 2. The number of nitrogens with one attached hydrogen (secondary N) is 2. The fraction of sp³-hybridized carbons (Fsp3) is 0.650. The summed E-state index contributed by atoms with van der Waals surface area (Å²) in [4.78, 5) is 17.7. The van der Waals surface area contributed by atoms with Crippen LogP contribution in [0.4, 0.5) is 0 Å². The van der Waals surface area contributed by atoms with E-state index in [1.54, 1.807) is 0 Å². The van der Waals surface area contributed by atoms with Crippen molar-refractivity contribution in [1.82, 2.24) is 4.90 Å². The second-order valence-electron chi connectivity index (χ2n) is 8.10. The maximum Gasteiger partial charge on any atom is 0.278 e. The van der Waals surface area contributed by atoms with Crippen LogP contribution in [0.3, 0.4) is 0 Å². The summed E-state index contributed by atoms with van der Waals surface area (Å²) in [7, 11) is 0. The average molecular weight is 361 g/mol. The van der Waals surface area contributed by atoms with Crippen molar-refractivity contribution in [1.29, 1.82) is 0 Å². The molecule has 1 amide bonds. The number of fused-ring (bicyclic) bond motifs is 1. The molecule has 142 valence electrons. The first kappa shape index (κ1) is 17.6. The fourth-order valence-electron chi connectivity index (χ4n) is 4.26. The Morgan fingerprint density at radius 2 is 1.81 bits per heavy atom. The summed E-state index contributed by atoms with van der Waals surface area (Å²) in [6.45, 7) is 10.4. The second-order valence-corrected chi connectivity index (χ2v) is 8.10. The van der Waals surface area contributed by atoms with Gasteiger partial charge in [-0.15, -0.1) is 0 Å². The summed E-state index contributed by atoms with van der Waals surface area (Å²) in [5.74, 6) is 2.87. The third kappa shape index (κ3) is 4.13. The molecule has 0 unspecified atom stereocenters. The van der Waals surface area contributed by atoms with E-state index in [4.69, 9.17) is 9.47 Å². The van der Waals surface area contributed by atoms with Gasteiger partial charge in [0, 0.05) is 5.56 Å². The van der Waals surface area contributed by atoms with Crippen molar-refractivity contribution in [2.24, 2.45) is 5.92 Å². The van der Waals surface area contributed by atoms with Crippen molar-refractivity contribution < 1.29 is 24.1 Å². The smallest absolute Gasteiger partial charge is 0.278 e.